The molecule has 1 aliphatic heterocycles. The van der Waals surface area contributed by atoms with E-state index in [0.717, 1.165) is 32.9 Å². The first kappa shape index (κ1) is 23.4. The molecule has 0 radical (unpaired) electrons. The Hall–Kier alpha value is -3.39. The van der Waals surface area contributed by atoms with Crippen LogP contribution in [0.2, 0.25) is 0 Å². The van der Waals surface area contributed by atoms with Crippen LogP contribution in [0.15, 0.2) is 48.7 Å². The summed E-state index contributed by atoms with van der Waals surface area (Å²) >= 11 is 1.58. The number of nitrogens with zero attached hydrogens (tertiary/aromatic N) is 3. The highest BCUT2D eigenvalue weighted by molar-refractivity contribution is 7.23. The lowest BCUT2D eigenvalue weighted by Crippen LogP contribution is -2.36. The van der Waals surface area contributed by atoms with Crippen molar-refractivity contribution in [1.82, 2.24) is 19.6 Å². The van der Waals surface area contributed by atoms with Crippen molar-refractivity contribution < 1.29 is 14.3 Å². The zero-order chi connectivity index (χ0) is 24.7. The molecule has 0 aliphatic carbocycles. The number of thiazole rings is 1. The average Bonchev–Trinajstić information content (AvgIpc) is 3.51. The molecule has 35 heavy (non-hydrogen) atoms. The molecule has 1 fully saturated rings. The molecule has 0 saturated carbocycles. The summed E-state index contributed by atoms with van der Waals surface area (Å²) in [5.74, 6) is 0.120. The molecule has 1 aliphatic rings. The fourth-order valence-electron chi connectivity index (χ4n) is 4.34. The number of hydrogen-bond acceptors (Lipinski definition) is 5. The topological polar surface area (TPSA) is 75.9 Å². The van der Waals surface area contributed by atoms with Crippen LogP contribution < -0.4 is 5.32 Å². The Morgan fingerprint density at radius 2 is 1.94 bits per heavy atom. The molecule has 8 heteroatoms. The molecule has 0 unspecified atom stereocenters. The standard InChI is InChI=1S/C27H30N4O3S/c1-17-5-7-19(8-6-17)21-16-31-22-10-9-20(13-23(22)35-25(31)29-21)24(32)28-14-18-11-12-30(15-18)26(33)34-27(2,3)4/h5-10,13,16,18H,11-12,14-15H2,1-4H3,(H,28,32)/t18-/m0/s1. The summed E-state index contributed by atoms with van der Waals surface area (Å²) in [6, 6.07) is 14.1. The van der Waals surface area contributed by atoms with Crippen LogP contribution in [0, 0.1) is 12.8 Å². The molecule has 182 valence electrons. The molecule has 2 amide bonds. The highest BCUT2D eigenvalue weighted by atomic mass is 32.1. The minimum atomic E-state index is -0.506. The normalized spacial score (nSPS) is 16.2. The van der Waals surface area contributed by atoms with E-state index in [0.29, 0.717) is 25.2 Å². The highest BCUT2D eigenvalue weighted by Gasteiger charge is 2.30. The lowest BCUT2D eigenvalue weighted by atomic mass is 10.1. The molecular weight excluding hydrogens is 460 g/mol. The van der Waals surface area contributed by atoms with E-state index in [1.807, 2.05) is 39.0 Å². The summed E-state index contributed by atoms with van der Waals surface area (Å²) in [6.07, 6.45) is 2.61. The van der Waals surface area contributed by atoms with Gasteiger partial charge in [0.25, 0.3) is 5.91 Å². The van der Waals surface area contributed by atoms with E-state index in [4.69, 9.17) is 9.72 Å². The van der Waals surface area contributed by atoms with Gasteiger partial charge in [0.2, 0.25) is 0 Å². The van der Waals surface area contributed by atoms with Gasteiger partial charge >= 0.3 is 6.09 Å². The molecule has 0 spiro atoms. The molecule has 1 N–H and O–H groups in total. The van der Waals surface area contributed by atoms with Gasteiger partial charge in [0.1, 0.15) is 5.60 Å². The summed E-state index contributed by atoms with van der Waals surface area (Å²) < 4.78 is 8.56. The van der Waals surface area contributed by atoms with Gasteiger partial charge in [0.05, 0.1) is 15.9 Å². The summed E-state index contributed by atoms with van der Waals surface area (Å²) in [7, 11) is 0. The number of benzene rings is 2. The Bertz CT molecular complexity index is 1400. The Balaban J connectivity index is 1.23. The van der Waals surface area contributed by atoms with E-state index in [1.54, 1.807) is 16.2 Å². The molecule has 2 aromatic heterocycles. The van der Waals surface area contributed by atoms with Gasteiger partial charge in [0.15, 0.2) is 4.96 Å². The Morgan fingerprint density at radius 3 is 2.69 bits per heavy atom. The molecule has 3 heterocycles. The van der Waals surface area contributed by atoms with Gasteiger partial charge in [-0.05, 0) is 58.2 Å². The van der Waals surface area contributed by atoms with Crippen LogP contribution in [0.4, 0.5) is 4.79 Å². The molecular formula is C27H30N4O3S. The number of likely N-dealkylation sites (tertiary alicyclic amines) is 1. The Morgan fingerprint density at radius 1 is 1.17 bits per heavy atom. The third kappa shape index (κ3) is 5.03. The second kappa shape index (κ2) is 9.00. The van der Waals surface area contributed by atoms with E-state index in [-0.39, 0.29) is 17.9 Å². The second-order valence-corrected chi connectivity index (χ2v) is 11.2. The average molecular weight is 491 g/mol. The third-order valence-corrected chi connectivity index (χ3v) is 7.21. The molecule has 1 saturated heterocycles. The number of amides is 2. The maximum atomic E-state index is 12.8. The van der Waals surface area contributed by atoms with Crippen LogP contribution in [0.5, 0.6) is 0 Å². The number of rotatable bonds is 4. The lowest BCUT2D eigenvalue weighted by Gasteiger charge is -2.24. The van der Waals surface area contributed by atoms with Crippen LogP contribution in [0.1, 0.15) is 43.1 Å². The predicted molar refractivity (Wildman–Crippen MR) is 139 cm³/mol. The van der Waals surface area contributed by atoms with Crippen molar-refractivity contribution >= 4 is 38.5 Å². The van der Waals surface area contributed by atoms with Crippen molar-refractivity contribution in [1.29, 1.82) is 0 Å². The van der Waals surface area contributed by atoms with Gasteiger partial charge in [-0.3, -0.25) is 9.20 Å². The quantitative estimate of drug-likeness (QED) is 0.409. The number of fused-ring (bicyclic) bond motifs is 3. The number of nitrogens with one attached hydrogen (secondary N) is 1. The monoisotopic (exact) mass is 490 g/mol. The van der Waals surface area contributed by atoms with Gasteiger partial charge in [-0.25, -0.2) is 9.78 Å². The summed E-state index contributed by atoms with van der Waals surface area (Å²) in [4.78, 5) is 32.5. The first-order valence-corrected chi connectivity index (χ1v) is 12.7. The van der Waals surface area contributed by atoms with Crippen molar-refractivity contribution in [3.63, 3.8) is 0 Å². The molecule has 1 atom stereocenters. The van der Waals surface area contributed by atoms with Crippen molar-refractivity contribution in [3.05, 3.63) is 59.8 Å². The smallest absolute Gasteiger partial charge is 0.410 e. The van der Waals surface area contributed by atoms with E-state index in [2.05, 4.69) is 47.1 Å². The van der Waals surface area contributed by atoms with Gasteiger partial charge < -0.3 is 15.0 Å². The molecule has 5 rings (SSSR count). The summed E-state index contributed by atoms with van der Waals surface area (Å²) in [6.45, 7) is 9.45. The molecule has 0 bridgehead atoms. The lowest BCUT2D eigenvalue weighted by molar-refractivity contribution is 0.0288. The maximum Gasteiger partial charge on any atom is 0.410 e. The van der Waals surface area contributed by atoms with Crippen molar-refractivity contribution in [2.75, 3.05) is 19.6 Å². The van der Waals surface area contributed by atoms with E-state index in [9.17, 15) is 9.59 Å². The first-order chi connectivity index (χ1) is 16.7. The molecule has 2 aromatic carbocycles. The van der Waals surface area contributed by atoms with Crippen LogP contribution in [0.3, 0.4) is 0 Å². The SMILES string of the molecule is Cc1ccc(-c2cn3c(n2)sc2cc(C(=O)NC[C@@H]4CCN(C(=O)OC(C)(C)C)C4)ccc23)cc1. The van der Waals surface area contributed by atoms with Gasteiger partial charge in [-0.15, -0.1) is 0 Å². The van der Waals surface area contributed by atoms with Crippen LogP contribution in [0.25, 0.3) is 26.4 Å². The highest BCUT2D eigenvalue weighted by Crippen LogP contribution is 2.30. The number of ether oxygens (including phenoxy) is 1. The number of imidazole rings is 1. The van der Waals surface area contributed by atoms with Crippen molar-refractivity contribution in [3.8, 4) is 11.3 Å². The zero-order valence-electron chi connectivity index (χ0n) is 20.5. The first-order valence-electron chi connectivity index (χ1n) is 11.9. The fourth-order valence-corrected chi connectivity index (χ4v) is 5.38. The van der Waals surface area contributed by atoms with Gasteiger partial charge in [0, 0.05) is 37.0 Å². The van der Waals surface area contributed by atoms with Crippen molar-refractivity contribution in [2.24, 2.45) is 5.92 Å². The van der Waals surface area contributed by atoms with Crippen LogP contribution >= 0.6 is 11.3 Å². The number of hydrogen-bond donors (Lipinski definition) is 1. The zero-order valence-corrected chi connectivity index (χ0v) is 21.3. The van der Waals surface area contributed by atoms with E-state index < -0.39 is 5.60 Å². The Labute approximate surface area is 208 Å². The minimum Gasteiger partial charge on any atom is -0.444 e. The number of carbonyl (C=O) groups excluding carboxylic acids is 2. The second-order valence-electron chi connectivity index (χ2n) is 10.2. The van der Waals surface area contributed by atoms with Crippen LogP contribution in [-0.4, -0.2) is 51.5 Å². The number of aromatic nitrogens is 2. The van der Waals surface area contributed by atoms with E-state index in [1.165, 1.54) is 5.56 Å². The van der Waals surface area contributed by atoms with E-state index >= 15 is 0 Å². The van der Waals surface area contributed by atoms with Crippen LogP contribution in [-0.2, 0) is 4.74 Å². The number of carbonyl (C=O) groups is 2. The molecule has 4 aromatic rings. The number of aryl methyl sites for hydroxylation is 1. The largest absolute Gasteiger partial charge is 0.444 e. The third-order valence-electron chi connectivity index (χ3n) is 6.19. The van der Waals surface area contributed by atoms with Crippen molar-refractivity contribution in [2.45, 2.75) is 39.7 Å². The minimum absolute atomic E-state index is 0.103. The summed E-state index contributed by atoms with van der Waals surface area (Å²) in [5, 5.41) is 3.04. The Kier molecular flexibility index (Phi) is 6.01. The van der Waals surface area contributed by atoms with Gasteiger partial charge in [-0.2, -0.15) is 0 Å². The predicted octanol–water partition coefficient (Wildman–Crippen LogP) is 5.51. The fraction of sp³-hybridized carbons (Fsp3) is 0.370. The maximum absolute atomic E-state index is 12.8. The van der Waals surface area contributed by atoms with Gasteiger partial charge in [-0.1, -0.05) is 41.2 Å². The molecule has 7 nitrogen and oxygen atoms in total. The summed E-state index contributed by atoms with van der Waals surface area (Å²) in [5.41, 5.74) is 4.41.